The number of rotatable bonds is 4. The van der Waals surface area contributed by atoms with Gasteiger partial charge in [0.1, 0.15) is 5.82 Å². The zero-order valence-electron chi connectivity index (χ0n) is 12.4. The van der Waals surface area contributed by atoms with E-state index in [0.717, 1.165) is 0 Å². The Balaban J connectivity index is 1.65. The molecule has 5 nitrogen and oxygen atoms in total. The Labute approximate surface area is 134 Å². The third kappa shape index (κ3) is 3.31. The molecule has 1 aliphatic heterocycles. The maximum Gasteiger partial charge on any atom is 0.276 e. The van der Waals surface area contributed by atoms with E-state index in [2.05, 4.69) is 0 Å². The first kappa shape index (κ1) is 16.2. The highest BCUT2D eigenvalue weighted by Gasteiger charge is 2.33. The summed E-state index contributed by atoms with van der Waals surface area (Å²) in [4.78, 5) is 0. The van der Waals surface area contributed by atoms with Gasteiger partial charge in [0.2, 0.25) is 5.09 Å². The monoisotopic (exact) mass is 339 g/mol. The van der Waals surface area contributed by atoms with Crippen LogP contribution in [0.25, 0.3) is 0 Å². The van der Waals surface area contributed by atoms with Crippen molar-refractivity contribution in [3.05, 3.63) is 54.0 Å². The molecule has 23 heavy (non-hydrogen) atoms. The predicted molar refractivity (Wildman–Crippen MR) is 81.6 cm³/mol. The lowest BCUT2D eigenvalue weighted by atomic mass is 9.88. The molecule has 1 fully saturated rings. The third-order valence-electron chi connectivity index (χ3n) is 4.25. The van der Waals surface area contributed by atoms with Crippen LogP contribution in [0.4, 0.5) is 4.39 Å². The Hall–Kier alpha value is -1.70. The Bertz CT molecular complexity index is 735. The second kappa shape index (κ2) is 6.43. The van der Waals surface area contributed by atoms with E-state index >= 15 is 0 Å². The van der Waals surface area contributed by atoms with Gasteiger partial charge in [0.15, 0.2) is 0 Å². The van der Waals surface area contributed by atoms with Gasteiger partial charge in [0.05, 0.1) is 12.4 Å². The first-order valence-electron chi connectivity index (χ1n) is 7.45. The first-order chi connectivity index (χ1) is 11.0. The van der Waals surface area contributed by atoms with E-state index in [9.17, 15) is 17.9 Å². The fourth-order valence-corrected chi connectivity index (χ4v) is 4.28. The first-order valence-corrected chi connectivity index (χ1v) is 8.89. The van der Waals surface area contributed by atoms with Gasteiger partial charge in [-0.25, -0.2) is 12.8 Å². The van der Waals surface area contributed by atoms with Crippen LogP contribution < -0.4 is 0 Å². The van der Waals surface area contributed by atoms with Crippen LogP contribution >= 0.6 is 0 Å². The SMILES string of the molecule is O=S(=O)(c1ccco1)N1CCC(C(O)c2ccc(F)cc2)CC1. The van der Waals surface area contributed by atoms with Gasteiger partial charge >= 0.3 is 0 Å². The lowest BCUT2D eigenvalue weighted by Gasteiger charge is -2.33. The van der Waals surface area contributed by atoms with E-state index in [0.29, 0.717) is 31.5 Å². The van der Waals surface area contributed by atoms with Gasteiger partial charge in [-0.3, -0.25) is 0 Å². The molecule has 0 radical (unpaired) electrons. The number of nitrogens with zero attached hydrogens (tertiary/aromatic N) is 1. The molecule has 1 aromatic carbocycles. The summed E-state index contributed by atoms with van der Waals surface area (Å²) in [5.74, 6) is -0.399. The second-order valence-electron chi connectivity index (χ2n) is 5.67. The molecule has 1 aromatic heterocycles. The lowest BCUT2D eigenvalue weighted by Crippen LogP contribution is -2.39. The van der Waals surface area contributed by atoms with E-state index < -0.39 is 16.1 Å². The number of furan rings is 1. The van der Waals surface area contributed by atoms with Crippen LogP contribution in [0, 0.1) is 11.7 Å². The van der Waals surface area contributed by atoms with Crippen LogP contribution in [0.1, 0.15) is 24.5 Å². The van der Waals surface area contributed by atoms with Crippen molar-refractivity contribution in [1.29, 1.82) is 0 Å². The fraction of sp³-hybridized carbons (Fsp3) is 0.375. The average Bonchev–Trinajstić information content (AvgIpc) is 3.10. The summed E-state index contributed by atoms with van der Waals surface area (Å²) in [5, 5.41) is 10.3. The minimum Gasteiger partial charge on any atom is -0.452 e. The van der Waals surface area contributed by atoms with Gasteiger partial charge in [-0.15, -0.1) is 0 Å². The molecule has 0 amide bonds. The van der Waals surface area contributed by atoms with E-state index in [-0.39, 0.29) is 16.8 Å². The van der Waals surface area contributed by atoms with E-state index in [1.807, 2.05) is 0 Å². The topological polar surface area (TPSA) is 70.8 Å². The van der Waals surface area contributed by atoms with E-state index in [4.69, 9.17) is 4.42 Å². The van der Waals surface area contributed by atoms with Gasteiger partial charge in [-0.2, -0.15) is 4.31 Å². The molecule has 2 aromatic rings. The highest BCUT2D eigenvalue weighted by molar-refractivity contribution is 7.89. The molecule has 0 bridgehead atoms. The highest BCUT2D eigenvalue weighted by Crippen LogP contribution is 2.32. The van der Waals surface area contributed by atoms with Crippen LogP contribution in [0.5, 0.6) is 0 Å². The minimum atomic E-state index is -3.60. The van der Waals surface area contributed by atoms with Crippen molar-refractivity contribution in [2.24, 2.45) is 5.92 Å². The number of piperidine rings is 1. The number of benzene rings is 1. The molecule has 7 heteroatoms. The summed E-state index contributed by atoms with van der Waals surface area (Å²) in [6.45, 7) is 0.651. The Morgan fingerprint density at radius 2 is 1.83 bits per heavy atom. The number of hydrogen-bond donors (Lipinski definition) is 1. The van der Waals surface area contributed by atoms with E-state index in [1.165, 1.54) is 34.8 Å². The molecular weight excluding hydrogens is 321 g/mol. The Morgan fingerprint density at radius 1 is 1.17 bits per heavy atom. The van der Waals surface area contributed by atoms with Crippen molar-refractivity contribution in [2.75, 3.05) is 13.1 Å². The van der Waals surface area contributed by atoms with Crippen LogP contribution in [0.3, 0.4) is 0 Å². The molecule has 124 valence electrons. The number of aliphatic hydroxyl groups is 1. The zero-order chi connectivity index (χ0) is 16.4. The Kier molecular flexibility index (Phi) is 4.52. The molecule has 1 unspecified atom stereocenters. The zero-order valence-corrected chi connectivity index (χ0v) is 13.2. The van der Waals surface area contributed by atoms with Crippen molar-refractivity contribution in [3.63, 3.8) is 0 Å². The maximum absolute atomic E-state index is 12.9. The molecule has 0 saturated carbocycles. The largest absolute Gasteiger partial charge is 0.452 e. The van der Waals surface area contributed by atoms with E-state index in [1.54, 1.807) is 12.1 Å². The standard InChI is InChI=1S/C16H18FNO4S/c17-14-5-3-12(4-6-14)16(19)13-7-9-18(10-8-13)23(20,21)15-2-1-11-22-15/h1-6,11,13,16,19H,7-10H2. The van der Waals surface area contributed by atoms with Crippen molar-refractivity contribution in [2.45, 2.75) is 24.0 Å². The van der Waals surface area contributed by atoms with Crippen molar-refractivity contribution in [3.8, 4) is 0 Å². The smallest absolute Gasteiger partial charge is 0.276 e. The quantitative estimate of drug-likeness (QED) is 0.929. The average molecular weight is 339 g/mol. The minimum absolute atomic E-state index is 0.0523. The van der Waals surface area contributed by atoms with Crippen molar-refractivity contribution < 1.29 is 22.3 Å². The predicted octanol–water partition coefficient (Wildman–Crippen LogP) is 2.55. The molecule has 1 saturated heterocycles. The molecule has 0 spiro atoms. The van der Waals surface area contributed by atoms with Gasteiger partial charge in [0.25, 0.3) is 10.0 Å². The number of hydrogen-bond acceptors (Lipinski definition) is 4. The van der Waals surface area contributed by atoms with Crippen LogP contribution in [0.15, 0.2) is 52.2 Å². The summed E-state index contributed by atoms with van der Waals surface area (Å²) in [6.07, 6.45) is 1.69. The maximum atomic E-state index is 12.9. The number of sulfonamides is 1. The second-order valence-corrected chi connectivity index (χ2v) is 7.54. The van der Waals surface area contributed by atoms with Crippen LogP contribution in [-0.2, 0) is 10.0 Å². The molecule has 3 rings (SSSR count). The fourth-order valence-electron chi connectivity index (χ4n) is 2.90. The number of halogens is 1. The molecular formula is C16H18FNO4S. The number of aliphatic hydroxyl groups excluding tert-OH is 1. The summed E-state index contributed by atoms with van der Waals surface area (Å²) >= 11 is 0. The molecule has 2 heterocycles. The van der Waals surface area contributed by atoms with Gasteiger partial charge in [-0.05, 0) is 48.6 Å². The van der Waals surface area contributed by atoms with Gasteiger partial charge < -0.3 is 9.52 Å². The summed E-state index contributed by atoms with van der Waals surface area (Å²) < 4.78 is 44.0. The summed E-state index contributed by atoms with van der Waals surface area (Å²) in [7, 11) is -3.60. The molecule has 0 aliphatic carbocycles. The molecule has 1 aliphatic rings. The molecule has 1 atom stereocenters. The summed E-state index contributed by atoms with van der Waals surface area (Å²) in [6, 6.07) is 8.72. The van der Waals surface area contributed by atoms with Crippen molar-refractivity contribution >= 4 is 10.0 Å². The molecule has 1 N–H and O–H groups in total. The lowest BCUT2D eigenvalue weighted by molar-refractivity contribution is 0.0757. The summed E-state index contributed by atoms with van der Waals surface area (Å²) in [5.41, 5.74) is 0.652. The van der Waals surface area contributed by atoms with Gasteiger partial charge in [-0.1, -0.05) is 12.1 Å². The highest BCUT2D eigenvalue weighted by atomic mass is 32.2. The van der Waals surface area contributed by atoms with Crippen LogP contribution in [0.2, 0.25) is 0 Å². The third-order valence-corrected chi connectivity index (χ3v) is 6.03. The van der Waals surface area contributed by atoms with Gasteiger partial charge in [0, 0.05) is 13.1 Å². The Morgan fingerprint density at radius 3 is 2.39 bits per heavy atom. The van der Waals surface area contributed by atoms with Crippen LogP contribution in [-0.4, -0.2) is 30.9 Å². The van der Waals surface area contributed by atoms with Crippen molar-refractivity contribution in [1.82, 2.24) is 4.31 Å². The normalized spacial score (nSPS) is 18.9.